The van der Waals surface area contributed by atoms with Gasteiger partial charge in [0.25, 0.3) is 5.91 Å². The van der Waals surface area contributed by atoms with Crippen LogP contribution in [-0.4, -0.2) is 51.6 Å². The third-order valence-electron chi connectivity index (χ3n) is 5.68. The summed E-state index contributed by atoms with van der Waals surface area (Å²) in [6.07, 6.45) is 3.02. The van der Waals surface area contributed by atoms with E-state index in [0.717, 1.165) is 16.9 Å². The van der Waals surface area contributed by atoms with Gasteiger partial charge >= 0.3 is 6.09 Å². The molecule has 4 heterocycles. The summed E-state index contributed by atoms with van der Waals surface area (Å²) in [5.74, 6) is 0.564. The number of rotatable bonds is 4. The Hall–Kier alpha value is -4.14. The van der Waals surface area contributed by atoms with Crippen LogP contribution in [-0.2, 0) is 4.74 Å². The van der Waals surface area contributed by atoms with Crippen molar-refractivity contribution in [3.05, 3.63) is 71.9 Å². The highest BCUT2D eigenvalue weighted by Gasteiger charge is 2.35. The largest absolute Gasteiger partial charge is 0.453 e. The number of hydrogen-bond donors (Lipinski definition) is 1. The fraction of sp³-hybridized carbons (Fsp3) is 0.217. The first-order chi connectivity index (χ1) is 15.5. The van der Waals surface area contributed by atoms with E-state index in [1.807, 2.05) is 49.4 Å². The molecule has 162 valence electrons. The van der Waals surface area contributed by atoms with Gasteiger partial charge in [0.15, 0.2) is 0 Å². The number of amides is 2. The summed E-state index contributed by atoms with van der Waals surface area (Å²) >= 11 is 0. The van der Waals surface area contributed by atoms with Crippen LogP contribution in [0.25, 0.3) is 16.9 Å². The molecule has 32 heavy (non-hydrogen) atoms. The van der Waals surface area contributed by atoms with Gasteiger partial charge in [-0.15, -0.1) is 0 Å². The fourth-order valence-electron chi connectivity index (χ4n) is 3.76. The molecular formula is C23H21N5O4. The number of carbonyl (C=O) groups excluding carboxylic acids is 2. The molecule has 2 amide bonds. The number of carbonyl (C=O) groups is 2. The van der Waals surface area contributed by atoms with E-state index in [1.165, 1.54) is 7.11 Å². The van der Waals surface area contributed by atoms with Gasteiger partial charge in [0.05, 0.1) is 19.2 Å². The van der Waals surface area contributed by atoms with E-state index < -0.39 is 0 Å². The van der Waals surface area contributed by atoms with Crippen molar-refractivity contribution < 1.29 is 18.8 Å². The quantitative estimate of drug-likeness (QED) is 0.528. The van der Waals surface area contributed by atoms with E-state index in [9.17, 15) is 9.59 Å². The Bertz CT molecular complexity index is 1320. The molecule has 1 aliphatic heterocycles. The maximum absolute atomic E-state index is 12.9. The summed E-state index contributed by atoms with van der Waals surface area (Å²) in [7, 11) is 1.37. The zero-order valence-electron chi connectivity index (χ0n) is 17.6. The smallest absolute Gasteiger partial charge is 0.409 e. The highest BCUT2D eigenvalue weighted by atomic mass is 16.5. The van der Waals surface area contributed by atoms with E-state index in [4.69, 9.17) is 9.26 Å². The van der Waals surface area contributed by atoms with Crippen molar-refractivity contribution in [2.75, 3.05) is 25.5 Å². The number of aryl methyl sites for hydroxylation is 1. The van der Waals surface area contributed by atoms with Crippen LogP contribution in [0, 0.1) is 6.92 Å². The van der Waals surface area contributed by atoms with Crippen LogP contribution in [0.4, 0.5) is 10.5 Å². The van der Waals surface area contributed by atoms with Crippen LogP contribution in [0.1, 0.15) is 27.7 Å². The monoisotopic (exact) mass is 431 g/mol. The van der Waals surface area contributed by atoms with Crippen molar-refractivity contribution >= 4 is 23.3 Å². The molecule has 5 rings (SSSR count). The molecule has 1 fully saturated rings. The van der Waals surface area contributed by atoms with E-state index in [0.29, 0.717) is 35.8 Å². The topological polar surface area (TPSA) is 102 Å². The average Bonchev–Trinajstić information content (AvgIpc) is 3.41. The lowest BCUT2D eigenvalue weighted by atomic mass is 9.97. The molecule has 9 nitrogen and oxygen atoms in total. The van der Waals surface area contributed by atoms with Crippen molar-refractivity contribution in [2.45, 2.75) is 12.8 Å². The van der Waals surface area contributed by atoms with E-state index in [1.54, 1.807) is 21.7 Å². The normalized spacial score (nSPS) is 13.8. The van der Waals surface area contributed by atoms with Crippen molar-refractivity contribution in [3.63, 3.8) is 0 Å². The molecule has 0 saturated carbocycles. The summed E-state index contributed by atoms with van der Waals surface area (Å²) in [4.78, 5) is 30.3. The van der Waals surface area contributed by atoms with E-state index >= 15 is 0 Å². The summed E-state index contributed by atoms with van der Waals surface area (Å²) < 4.78 is 12.0. The Morgan fingerprint density at radius 2 is 2.03 bits per heavy atom. The second-order valence-corrected chi connectivity index (χ2v) is 7.74. The Morgan fingerprint density at radius 1 is 1.19 bits per heavy atom. The van der Waals surface area contributed by atoms with Gasteiger partial charge in [-0.05, 0) is 30.7 Å². The molecule has 4 aromatic rings. The summed E-state index contributed by atoms with van der Waals surface area (Å²) in [5, 5.41) is 7.16. The van der Waals surface area contributed by atoms with Crippen LogP contribution < -0.4 is 5.32 Å². The SMILES string of the molecule is COC(=O)N1CC(c2cc(-c3ccc(C)c(NC(=O)c4cnc5ccccn45)c3)no2)C1. The van der Waals surface area contributed by atoms with Crippen LogP contribution in [0.5, 0.6) is 0 Å². The van der Waals surface area contributed by atoms with Crippen LogP contribution >= 0.6 is 0 Å². The van der Waals surface area contributed by atoms with Gasteiger partial charge in [0.1, 0.15) is 22.8 Å². The molecule has 1 saturated heterocycles. The third kappa shape index (κ3) is 3.47. The third-order valence-corrected chi connectivity index (χ3v) is 5.68. The predicted molar refractivity (Wildman–Crippen MR) is 117 cm³/mol. The summed E-state index contributed by atoms with van der Waals surface area (Å²) in [6, 6.07) is 13.2. The minimum atomic E-state index is -0.342. The Balaban J connectivity index is 1.34. The van der Waals surface area contributed by atoms with Gasteiger partial charge in [-0.25, -0.2) is 9.78 Å². The van der Waals surface area contributed by atoms with Crippen LogP contribution in [0.2, 0.25) is 0 Å². The molecule has 3 aromatic heterocycles. The molecule has 0 unspecified atom stereocenters. The molecular weight excluding hydrogens is 410 g/mol. The molecule has 1 aliphatic rings. The van der Waals surface area contributed by atoms with Crippen LogP contribution in [0.15, 0.2) is 59.4 Å². The molecule has 0 radical (unpaired) electrons. The van der Waals surface area contributed by atoms with Crippen molar-refractivity contribution in [1.82, 2.24) is 19.4 Å². The lowest BCUT2D eigenvalue weighted by molar-refractivity contribution is 0.0817. The highest BCUT2D eigenvalue weighted by Crippen LogP contribution is 2.32. The van der Waals surface area contributed by atoms with E-state index in [-0.39, 0.29) is 17.9 Å². The highest BCUT2D eigenvalue weighted by molar-refractivity contribution is 6.04. The summed E-state index contributed by atoms with van der Waals surface area (Å²) in [6.45, 7) is 3.00. The first-order valence-corrected chi connectivity index (χ1v) is 10.2. The van der Waals surface area contributed by atoms with Gasteiger partial charge in [-0.1, -0.05) is 23.4 Å². The van der Waals surface area contributed by atoms with Gasteiger partial charge in [-0.3, -0.25) is 9.20 Å². The number of benzene rings is 1. The lowest BCUT2D eigenvalue weighted by Gasteiger charge is -2.36. The van der Waals surface area contributed by atoms with Crippen molar-refractivity contribution in [2.24, 2.45) is 0 Å². The predicted octanol–water partition coefficient (Wildman–Crippen LogP) is 3.72. The zero-order valence-corrected chi connectivity index (χ0v) is 17.6. The summed E-state index contributed by atoms with van der Waals surface area (Å²) in [5.41, 5.74) is 4.26. The maximum atomic E-state index is 12.9. The van der Waals surface area contributed by atoms with Crippen LogP contribution in [0.3, 0.4) is 0 Å². The first-order valence-electron chi connectivity index (χ1n) is 10.2. The standard InChI is InChI=1S/C23H21N5O4/c1-14-6-7-15(18-10-20(32-26-18)16-12-27(13-16)23(30)31-2)9-17(14)25-22(29)19-11-24-21-5-3-4-8-28(19)21/h3-11,16H,12-13H2,1-2H3,(H,25,29). The molecule has 1 aromatic carbocycles. The Kier molecular flexibility index (Phi) is 4.85. The molecule has 1 N–H and O–H groups in total. The second kappa shape index (κ2) is 7.84. The molecule has 0 bridgehead atoms. The van der Waals surface area contributed by atoms with Crippen molar-refractivity contribution in [1.29, 1.82) is 0 Å². The minimum absolute atomic E-state index is 0.0927. The second-order valence-electron chi connectivity index (χ2n) is 7.74. The molecule has 9 heteroatoms. The number of fused-ring (bicyclic) bond motifs is 1. The molecule has 0 aliphatic carbocycles. The lowest BCUT2D eigenvalue weighted by Crippen LogP contribution is -2.48. The number of anilines is 1. The van der Waals surface area contributed by atoms with Gasteiger partial charge < -0.3 is 19.5 Å². The van der Waals surface area contributed by atoms with E-state index in [2.05, 4.69) is 15.5 Å². The number of methoxy groups -OCH3 is 1. The number of imidazole rings is 1. The number of aromatic nitrogens is 3. The minimum Gasteiger partial charge on any atom is -0.453 e. The number of hydrogen-bond acceptors (Lipinski definition) is 6. The Labute approximate surface area is 183 Å². The molecule has 0 spiro atoms. The van der Waals surface area contributed by atoms with Gasteiger partial charge in [0, 0.05) is 36.6 Å². The Morgan fingerprint density at radius 3 is 2.84 bits per heavy atom. The van der Waals surface area contributed by atoms with Crippen molar-refractivity contribution in [3.8, 4) is 11.3 Å². The zero-order chi connectivity index (χ0) is 22.2. The number of pyridine rings is 1. The maximum Gasteiger partial charge on any atom is 0.409 e. The molecule has 0 atom stereocenters. The number of ether oxygens (including phenoxy) is 1. The van der Waals surface area contributed by atoms with Gasteiger partial charge in [0.2, 0.25) is 0 Å². The average molecular weight is 431 g/mol. The number of likely N-dealkylation sites (tertiary alicyclic amines) is 1. The number of nitrogens with one attached hydrogen (secondary N) is 1. The van der Waals surface area contributed by atoms with Gasteiger partial charge in [-0.2, -0.15) is 0 Å². The first kappa shape index (κ1) is 19.8. The number of nitrogens with zero attached hydrogens (tertiary/aromatic N) is 4. The fourth-order valence-corrected chi connectivity index (χ4v) is 3.76.